The molecule has 2 rings (SSSR count). The quantitative estimate of drug-likeness (QED) is 0.681. The number of alkyl halides is 1. The Morgan fingerprint density at radius 1 is 1.05 bits per heavy atom. The average Bonchev–Trinajstić information content (AvgIpc) is 2.42. The molecule has 1 heterocycles. The van der Waals surface area contributed by atoms with Crippen LogP contribution in [0.25, 0.3) is 0 Å². The van der Waals surface area contributed by atoms with Crippen LogP contribution in [0.1, 0.15) is 11.6 Å². The Labute approximate surface area is 119 Å². The summed E-state index contributed by atoms with van der Waals surface area (Å²) in [6.07, 6.45) is 0. The molecule has 1 N–H and O–H groups in total. The molecule has 1 saturated heterocycles. The lowest BCUT2D eigenvalue weighted by atomic mass is 10.0. The first-order valence-electron chi connectivity index (χ1n) is 5.90. The van der Waals surface area contributed by atoms with Crippen LogP contribution in [0, 0.1) is 23.3 Å². The number of rotatable bonds is 3. The average molecular weight is 317 g/mol. The molecular formula is C12H14ClF5N2. The number of piperazine rings is 1. The molecule has 1 aromatic carbocycles. The predicted octanol–water partition coefficient (Wildman–Crippen LogP) is 2.58. The van der Waals surface area contributed by atoms with Gasteiger partial charge in [0, 0.05) is 37.8 Å². The van der Waals surface area contributed by atoms with Gasteiger partial charge in [-0.2, -0.15) is 0 Å². The minimum Gasteiger partial charge on any atom is -0.314 e. The van der Waals surface area contributed by atoms with Crippen LogP contribution in [-0.2, 0) is 0 Å². The van der Waals surface area contributed by atoms with Crippen LogP contribution < -0.4 is 5.32 Å². The van der Waals surface area contributed by atoms with E-state index in [1.165, 1.54) is 4.90 Å². The number of hydrogen-bond donors (Lipinski definition) is 1. The molecule has 1 atom stereocenters. The summed E-state index contributed by atoms with van der Waals surface area (Å²) in [6.45, 7) is 0.642. The Bertz CT molecular complexity index is 439. The zero-order valence-corrected chi connectivity index (χ0v) is 11.3. The number of nitrogens with one attached hydrogen (secondary N) is 1. The molecule has 1 fully saturated rings. The minimum atomic E-state index is -1.53. The van der Waals surface area contributed by atoms with Crippen LogP contribution in [-0.4, -0.2) is 37.8 Å². The molecule has 1 aliphatic rings. The van der Waals surface area contributed by atoms with Crippen molar-refractivity contribution < 1.29 is 22.0 Å². The third-order valence-electron chi connectivity index (χ3n) is 3.22. The molecule has 0 unspecified atom stereocenters. The van der Waals surface area contributed by atoms with Gasteiger partial charge in [0.1, 0.15) is 6.67 Å². The summed E-state index contributed by atoms with van der Waals surface area (Å²) in [6, 6.07) is -1.19. The third kappa shape index (κ3) is 3.21. The molecule has 1 aromatic rings. The summed E-state index contributed by atoms with van der Waals surface area (Å²) >= 11 is 0. The normalized spacial score (nSPS) is 17.6. The van der Waals surface area contributed by atoms with Crippen molar-refractivity contribution in [1.29, 1.82) is 0 Å². The molecule has 0 amide bonds. The standard InChI is InChI=1S/C12H13F5N2.ClH/c13-6-9(19-3-1-18-2-4-19)10-11(16)7(14)5-8(15)12(10)17;/h5,9,18H,1-4,6H2;1H/t9-;/m0./s1. The van der Waals surface area contributed by atoms with Crippen LogP contribution in [0.2, 0.25) is 0 Å². The van der Waals surface area contributed by atoms with E-state index < -0.39 is 41.5 Å². The Hall–Kier alpha value is -0.920. The fourth-order valence-corrected chi connectivity index (χ4v) is 2.24. The first kappa shape index (κ1) is 17.1. The molecule has 114 valence electrons. The van der Waals surface area contributed by atoms with Gasteiger partial charge in [-0.15, -0.1) is 12.4 Å². The van der Waals surface area contributed by atoms with Crippen molar-refractivity contribution >= 4 is 12.4 Å². The van der Waals surface area contributed by atoms with E-state index in [4.69, 9.17) is 0 Å². The van der Waals surface area contributed by atoms with Crippen molar-refractivity contribution in [2.45, 2.75) is 6.04 Å². The van der Waals surface area contributed by atoms with Gasteiger partial charge in [0.05, 0.1) is 6.04 Å². The van der Waals surface area contributed by atoms with Crippen LogP contribution in [0.3, 0.4) is 0 Å². The molecule has 0 aliphatic carbocycles. The topological polar surface area (TPSA) is 15.3 Å². The Kier molecular flexibility index (Phi) is 6.16. The molecular weight excluding hydrogens is 303 g/mol. The van der Waals surface area contributed by atoms with E-state index in [1.54, 1.807) is 0 Å². The van der Waals surface area contributed by atoms with Gasteiger partial charge in [-0.1, -0.05) is 0 Å². The van der Waals surface area contributed by atoms with E-state index in [9.17, 15) is 22.0 Å². The van der Waals surface area contributed by atoms with Gasteiger partial charge in [0.25, 0.3) is 0 Å². The molecule has 0 aromatic heterocycles. The molecule has 8 heteroatoms. The molecule has 20 heavy (non-hydrogen) atoms. The summed E-state index contributed by atoms with van der Waals surface area (Å²) in [7, 11) is 0. The summed E-state index contributed by atoms with van der Waals surface area (Å²) < 4.78 is 66.7. The highest BCUT2D eigenvalue weighted by atomic mass is 35.5. The van der Waals surface area contributed by atoms with Gasteiger partial charge in [0.15, 0.2) is 23.3 Å². The largest absolute Gasteiger partial charge is 0.314 e. The Morgan fingerprint density at radius 3 is 2.00 bits per heavy atom. The van der Waals surface area contributed by atoms with Crippen molar-refractivity contribution in [3.8, 4) is 0 Å². The van der Waals surface area contributed by atoms with Crippen molar-refractivity contribution in [3.05, 3.63) is 34.9 Å². The highest BCUT2D eigenvalue weighted by Gasteiger charge is 2.31. The molecule has 0 bridgehead atoms. The summed E-state index contributed by atoms with van der Waals surface area (Å²) in [5, 5.41) is 3.00. The maximum atomic E-state index is 13.6. The van der Waals surface area contributed by atoms with Crippen LogP contribution in [0.15, 0.2) is 6.07 Å². The number of benzene rings is 1. The van der Waals surface area contributed by atoms with E-state index in [1.807, 2.05) is 0 Å². The van der Waals surface area contributed by atoms with Gasteiger partial charge in [0.2, 0.25) is 0 Å². The van der Waals surface area contributed by atoms with Crippen LogP contribution >= 0.6 is 12.4 Å². The van der Waals surface area contributed by atoms with Gasteiger partial charge in [-0.25, -0.2) is 22.0 Å². The van der Waals surface area contributed by atoms with Gasteiger partial charge in [-0.05, 0) is 0 Å². The summed E-state index contributed by atoms with van der Waals surface area (Å²) in [5.41, 5.74) is -0.873. The fraction of sp³-hybridized carbons (Fsp3) is 0.500. The SMILES string of the molecule is Cl.FC[C@@H](c1c(F)c(F)cc(F)c1F)N1CCNCC1. The van der Waals surface area contributed by atoms with Crippen LogP contribution in [0.4, 0.5) is 22.0 Å². The first-order chi connectivity index (χ1) is 9.06. The number of halogens is 6. The second kappa shape index (κ2) is 7.19. The molecule has 0 saturated carbocycles. The molecule has 2 nitrogen and oxygen atoms in total. The van der Waals surface area contributed by atoms with Crippen LogP contribution in [0.5, 0.6) is 0 Å². The summed E-state index contributed by atoms with van der Waals surface area (Å²) in [4.78, 5) is 1.47. The zero-order valence-electron chi connectivity index (χ0n) is 10.4. The van der Waals surface area contributed by atoms with E-state index >= 15 is 0 Å². The fourth-order valence-electron chi connectivity index (χ4n) is 2.24. The molecule has 0 radical (unpaired) electrons. The lowest BCUT2D eigenvalue weighted by Gasteiger charge is -2.33. The zero-order chi connectivity index (χ0) is 14.0. The van der Waals surface area contributed by atoms with E-state index in [2.05, 4.69) is 5.32 Å². The summed E-state index contributed by atoms with van der Waals surface area (Å²) in [5.74, 6) is -6.08. The van der Waals surface area contributed by atoms with Gasteiger partial charge in [-0.3, -0.25) is 4.90 Å². The second-order valence-corrected chi connectivity index (χ2v) is 4.34. The Morgan fingerprint density at radius 2 is 1.55 bits per heavy atom. The van der Waals surface area contributed by atoms with Crippen molar-refractivity contribution in [1.82, 2.24) is 10.2 Å². The Balaban J connectivity index is 0.00000200. The second-order valence-electron chi connectivity index (χ2n) is 4.34. The third-order valence-corrected chi connectivity index (χ3v) is 3.22. The molecule has 1 aliphatic heterocycles. The van der Waals surface area contributed by atoms with Crippen molar-refractivity contribution in [3.63, 3.8) is 0 Å². The van der Waals surface area contributed by atoms with Gasteiger partial charge < -0.3 is 5.32 Å². The molecule has 0 spiro atoms. The van der Waals surface area contributed by atoms with E-state index in [-0.39, 0.29) is 18.5 Å². The minimum absolute atomic E-state index is 0. The van der Waals surface area contributed by atoms with Gasteiger partial charge >= 0.3 is 0 Å². The monoisotopic (exact) mass is 316 g/mol. The smallest absolute Gasteiger partial charge is 0.166 e. The lowest BCUT2D eigenvalue weighted by molar-refractivity contribution is 0.139. The highest BCUT2D eigenvalue weighted by Crippen LogP contribution is 2.29. The van der Waals surface area contributed by atoms with Crippen molar-refractivity contribution in [2.75, 3.05) is 32.9 Å². The van der Waals surface area contributed by atoms with E-state index in [0.717, 1.165) is 0 Å². The highest BCUT2D eigenvalue weighted by molar-refractivity contribution is 5.85. The van der Waals surface area contributed by atoms with Crippen molar-refractivity contribution in [2.24, 2.45) is 0 Å². The maximum absolute atomic E-state index is 13.6. The number of hydrogen-bond acceptors (Lipinski definition) is 2. The lowest BCUT2D eigenvalue weighted by Crippen LogP contribution is -2.46. The maximum Gasteiger partial charge on any atom is 0.166 e. The number of nitrogens with zero attached hydrogens (tertiary/aromatic N) is 1. The first-order valence-corrected chi connectivity index (χ1v) is 5.90. The predicted molar refractivity (Wildman–Crippen MR) is 66.7 cm³/mol. The van der Waals surface area contributed by atoms with E-state index in [0.29, 0.717) is 26.2 Å².